The summed E-state index contributed by atoms with van der Waals surface area (Å²) in [5.41, 5.74) is 0.538. The second-order valence-electron chi connectivity index (χ2n) is 3.35. The van der Waals surface area contributed by atoms with Crippen molar-refractivity contribution in [2.24, 2.45) is 0 Å². The lowest BCUT2D eigenvalue weighted by molar-refractivity contribution is 0.0523. The second-order valence-corrected chi connectivity index (χ2v) is 6.70. The summed E-state index contributed by atoms with van der Waals surface area (Å²) in [5.74, 6) is 1.25. The number of carbonyl (C=O) groups is 1. The molecule has 1 aromatic carbocycles. The fourth-order valence-electron chi connectivity index (χ4n) is 1.39. The van der Waals surface area contributed by atoms with E-state index < -0.39 is 10.8 Å². The van der Waals surface area contributed by atoms with E-state index in [0.29, 0.717) is 11.3 Å². The van der Waals surface area contributed by atoms with Gasteiger partial charge in [-0.05, 0) is 12.1 Å². The monoisotopic (exact) mass is 256 g/mol. The number of carbonyl (C=O) groups excluding carboxylic acids is 1. The van der Waals surface area contributed by atoms with Crippen LogP contribution >= 0.6 is 11.8 Å². The van der Waals surface area contributed by atoms with Crippen LogP contribution in [0.2, 0.25) is 0 Å². The minimum Gasteiger partial charge on any atom is -0.460 e. The Hall–Kier alpha value is -0.810. The van der Waals surface area contributed by atoms with Gasteiger partial charge in [-0.25, -0.2) is 4.79 Å². The van der Waals surface area contributed by atoms with E-state index in [0.717, 1.165) is 5.75 Å². The Morgan fingerprint density at radius 2 is 2.19 bits per heavy atom. The third-order valence-corrected chi connectivity index (χ3v) is 5.83. The summed E-state index contributed by atoms with van der Waals surface area (Å²) in [6.07, 6.45) is 0. The fraction of sp³-hybridized carbons (Fsp3) is 0.364. The zero-order chi connectivity index (χ0) is 11.4. The minimum absolute atomic E-state index is 0.0485. The van der Waals surface area contributed by atoms with Crippen LogP contribution < -0.4 is 0 Å². The molecule has 1 fully saturated rings. The Morgan fingerprint density at radius 3 is 2.81 bits per heavy atom. The third kappa shape index (κ3) is 2.86. The lowest BCUT2D eigenvalue weighted by Gasteiger charge is -2.08. The number of hydrogen-bond donors (Lipinski definition) is 0. The van der Waals surface area contributed by atoms with Crippen LogP contribution in [-0.2, 0) is 15.5 Å². The topological polar surface area (TPSA) is 43.4 Å². The van der Waals surface area contributed by atoms with Crippen LogP contribution in [0.15, 0.2) is 30.3 Å². The first-order valence-electron chi connectivity index (χ1n) is 4.98. The van der Waals surface area contributed by atoms with Crippen LogP contribution in [-0.4, -0.2) is 32.9 Å². The zero-order valence-corrected chi connectivity index (χ0v) is 10.3. The predicted octanol–water partition coefficient (Wildman–Crippen LogP) is 1.66. The fourth-order valence-corrected chi connectivity index (χ4v) is 4.53. The SMILES string of the molecule is O=C(OC[C@@H]1SCC[S@]1=O)c1ccccc1. The van der Waals surface area contributed by atoms with Gasteiger partial charge in [0.1, 0.15) is 11.2 Å². The second kappa shape index (κ2) is 5.50. The molecule has 0 aromatic heterocycles. The normalized spacial score (nSPS) is 24.2. The summed E-state index contributed by atoms with van der Waals surface area (Å²) in [7, 11) is -0.848. The molecule has 3 nitrogen and oxygen atoms in total. The van der Waals surface area contributed by atoms with E-state index in [2.05, 4.69) is 0 Å². The Kier molecular flexibility index (Phi) is 4.01. The van der Waals surface area contributed by atoms with E-state index in [1.807, 2.05) is 6.07 Å². The van der Waals surface area contributed by atoms with Crippen molar-refractivity contribution in [1.82, 2.24) is 0 Å². The van der Waals surface area contributed by atoms with Gasteiger partial charge in [0, 0.05) is 22.3 Å². The summed E-state index contributed by atoms with van der Waals surface area (Å²) in [5, 5.41) is 0. The van der Waals surface area contributed by atoms with Gasteiger partial charge in [-0.3, -0.25) is 4.21 Å². The molecule has 0 spiro atoms. The number of esters is 1. The Balaban J connectivity index is 1.87. The number of rotatable bonds is 3. The maximum atomic E-state index is 11.6. The summed E-state index contributed by atoms with van der Waals surface area (Å²) >= 11 is 1.61. The van der Waals surface area contributed by atoms with Gasteiger partial charge in [-0.2, -0.15) is 0 Å². The highest BCUT2D eigenvalue weighted by Gasteiger charge is 2.25. The number of hydrogen-bond acceptors (Lipinski definition) is 4. The summed E-state index contributed by atoms with van der Waals surface area (Å²) in [6, 6.07) is 8.85. The van der Waals surface area contributed by atoms with Crippen molar-refractivity contribution >= 4 is 28.5 Å². The highest BCUT2D eigenvalue weighted by molar-refractivity contribution is 8.14. The van der Waals surface area contributed by atoms with Crippen LogP contribution in [0.25, 0.3) is 0 Å². The van der Waals surface area contributed by atoms with E-state index in [-0.39, 0.29) is 17.2 Å². The molecule has 0 saturated carbocycles. The first kappa shape index (κ1) is 11.7. The van der Waals surface area contributed by atoms with Crippen LogP contribution in [0.5, 0.6) is 0 Å². The van der Waals surface area contributed by atoms with E-state index in [1.54, 1.807) is 36.0 Å². The molecule has 0 amide bonds. The summed E-state index contributed by atoms with van der Waals surface area (Å²) in [4.78, 5) is 11.6. The molecule has 0 unspecified atom stereocenters. The number of thioether (sulfide) groups is 1. The lowest BCUT2D eigenvalue weighted by Crippen LogP contribution is -2.17. The molecular formula is C11H12O3S2. The van der Waals surface area contributed by atoms with Crippen molar-refractivity contribution in [1.29, 1.82) is 0 Å². The van der Waals surface area contributed by atoms with Gasteiger partial charge in [0.15, 0.2) is 0 Å². The van der Waals surface area contributed by atoms with Crippen molar-refractivity contribution < 1.29 is 13.7 Å². The summed E-state index contributed by atoms with van der Waals surface area (Å²) < 4.78 is 16.5. The lowest BCUT2D eigenvalue weighted by atomic mass is 10.2. The molecule has 0 N–H and O–H groups in total. The van der Waals surface area contributed by atoms with Crippen molar-refractivity contribution in [3.8, 4) is 0 Å². The van der Waals surface area contributed by atoms with Crippen molar-refractivity contribution in [2.75, 3.05) is 18.1 Å². The van der Waals surface area contributed by atoms with E-state index >= 15 is 0 Å². The Morgan fingerprint density at radius 1 is 1.44 bits per heavy atom. The average molecular weight is 256 g/mol. The predicted molar refractivity (Wildman–Crippen MR) is 66.0 cm³/mol. The van der Waals surface area contributed by atoms with Crippen molar-refractivity contribution in [2.45, 2.75) is 4.58 Å². The van der Waals surface area contributed by atoms with Gasteiger partial charge in [0.25, 0.3) is 0 Å². The molecule has 1 heterocycles. The highest BCUT2D eigenvalue weighted by Crippen LogP contribution is 2.23. The van der Waals surface area contributed by atoms with Crippen LogP contribution in [0.1, 0.15) is 10.4 Å². The van der Waals surface area contributed by atoms with Gasteiger partial charge in [-0.15, -0.1) is 11.8 Å². The molecule has 0 bridgehead atoms. The Labute approximate surface area is 101 Å². The minimum atomic E-state index is -0.848. The highest BCUT2D eigenvalue weighted by atomic mass is 32.2. The molecule has 1 saturated heterocycles. The van der Waals surface area contributed by atoms with Crippen LogP contribution in [0.4, 0.5) is 0 Å². The molecule has 2 atom stereocenters. The molecule has 0 radical (unpaired) electrons. The number of ether oxygens (including phenoxy) is 1. The maximum Gasteiger partial charge on any atom is 0.338 e. The van der Waals surface area contributed by atoms with Gasteiger partial charge in [0.05, 0.1) is 5.56 Å². The number of benzene rings is 1. The standard InChI is InChI=1S/C11H12O3S2/c12-11(9-4-2-1-3-5-9)14-8-10-15-6-7-16(10)13/h1-5,10H,6-8H2/t10-,16-/m1/s1. The third-order valence-electron chi connectivity index (χ3n) is 2.24. The van der Waals surface area contributed by atoms with Gasteiger partial charge in [-0.1, -0.05) is 18.2 Å². The summed E-state index contributed by atoms with van der Waals surface area (Å²) in [6.45, 7) is 0.241. The first-order chi connectivity index (χ1) is 7.77. The molecule has 5 heteroatoms. The molecule has 0 aliphatic carbocycles. The quantitative estimate of drug-likeness (QED) is 0.772. The average Bonchev–Trinajstić information content (AvgIpc) is 2.73. The van der Waals surface area contributed by atoms with E-state index in [1.165, 1.54) is 0 Å². The van der Waals surface area contributed by atoms with Crippen LogP contribution in [0, 0.1) is 0 Å². The smallest absolute Gasteiger partial charge is 0.338 e. The molecule has 86 valence electrons. The van der Waals surface area contributed by atoms with Gasteiger partial charge in [0.2, 0.25) is 0 Å². The van der Waals surface area contributed by atoms with Crippen molar-refractivity contribution in [3.63, 3.8) is 0 Å². The van der Waals surface area contributed by atoms with Crippen molar-refractivity contribution in [3.05, 3.63) is 35.9 Å². The van der Waals surface area contributed by atoms with Crippen LogP contribution in [0.3, 0.4) is 0 Å². The largest absolute Gasteiger partial charge is 0.460 e. The molecule has 16 heavy (non-hydrogen) atoms. The molecular weight excluding hydrogens is 244 g/mol. The van der Waals surface area contributed by atoms with Gasteiger partial charge < -0.3 is 4.74 Å². The first-order valence-corrected chi connectivity index (χ1v) is 7.41. The Bertz CT molecular complexity index is 391. The van der Waals surface area contributed by atoms with E-state index in [4.69, 9.17) is 4.74 Å². The molecule has 1 aromatic rings. The molecule has 1 aliphatic rings. The molecule has 1 aliphatic heterocycles. The van der Waals surface area contributed by atoms with Gasteiger partial charge >= 0.3 is 5.97 Å². The zero-order valence-electron chi connectivity index (χ0n) is 8.63. The molecule has 2 rings (SSSR count). The maximum absolute atomic E-state index is 11.6. The van der Waals surface area contributed by atoms with E-state index in [9.17, 15) is 9.00 Å².